The Kier molecular flexibility index (Phi) is 4.14. The fraction of sp³-hybridized carbons (Fsp3) is 0.333. The lowest BCUT2D eigenvalue weighted by Crippen LogP contribution is -2.36. The predicted octanol–water partition coefficient (Wildman–Crippen LogP) is 2.18. The van der Waals surface area contributed by atoms with E-state index in [9.17, 15) is 26.3 Å². The van der Waals surface area contributed by atoms with Crippen molar-refractivity contribution in [3.63, 3.8) is 0 Å². The zero-order valence-corrected chi connectivity index (χ0v) is 11.4. The standard InChI is InChI=1S/C12H11F6N5/c13-6-1-2-7-9(10(19)22-20)21-8(23(7)5-6)3-4-11(14,15)12(16,17)18/h1-2,5H,3-4,20H2,(H2,19,22). The number of imidazole rings is 1. The summed E-state index contributed by atoms with van der Waals surface area (Å²) in [5.74, 6) is -1.09. The molecule has 0 amide bonds. The van der Waals surface area contributed by atoms with Gasteiger partial charge in [-0.25, -0.2) is 9.37 Å². The van der Waals surface area contributed by atoms with Gasteiger partial charge in [0, 0.05) is 19.0 Å². The first-order valence-corrected chi connectivity index (χ1v) is 6.21. The largest absolute Gasteiger partial charge is 0.453 e. The van der Waals surface area contributed by atoms with Crippen LogP contribution in [0.1, 0.15) is 17.9 Å². The van der Waals surface area contributed by atoms with Crippen LogP contribution in [-0.2, 0) is 6.42 Å². The molecule has 0 aliphatic rings. The highest BCUT2D eigenvalue weighted by Gasteiger charge is 2.56. The lowest BCUT2D eigenvalue weighted by molar-refractivity contribution is -0.284. The van der Waals surface area contributed by atoms with Crippen molar-refractivity contribution in [2.24, 2.45) is 16.7 Å². The van der Waals surface area contributed by atoms with Crippen LogP contribution in [-0.4, -0.2) is 27.3 Å². The molecule has 0 radical (unpaired) electrons. The molecule has 2 rings (SSSR count). The zero-order valence-electron chi connectivity index (χ0n) is 11.4. The molecule has 0 saturated heterocycles. The Morgan fingerprint density at radius 3 is 2.43 bits per heavy atom. The Labute approximate surface area is 125 Å². The first kappa shape index (κ1) is 16.9. The molecule has 0 spiro atoms. The van der Waals surface area contributed by atoms with Gasteiger partial charge >= 0.3 is 12.1 Å². The number of rotatable bonds is 4. The number of halogens is 6. The smallest absolute Gasteiger partial charge is 0.380 e. The van der Waals surface area contributed by atoms with Crippen LogP contribution in [0.25, 0.3) is 5.52 Å². The third-order valence-electron chi connectivity index (χ3n) is 3.13. The molecule has 4 N–H and O–H groups in total. The molecule has 0 aliphatic carbocycles. The second-order valence-corrected chi connectivity index (χ2v) is 4.70. The summed E-state index contributed by atoms with van der Waals surface area (Å²) in [6.07, 6.45) is -7.07. The Hall–Kier alpha value is -2.46. The van der Waals surface area contributed by atoms with Gasteiger partial charge in [0.1, 0.15) is 17.3 Å². The molecule has 126 valence electrons. The third-order valence-corrected chi connectivity index (χ3v) is 3.13. The van der Waals surface area contributed by atoms with Crippen LogP contribution >= 0.6 is 0 Å². The van der Waals surface area contributed by atoms with Crippen LogP contribution in [0.5, 0.6) is 0 Å². The number of nitrogens with two attached hydrogens (primary N) is 2. The summed E-state index contributed by atoms with van der Waals surface area (Å²) in [4.78, 5) is 3.85. The highest BCUT2D eigenvalue weighted by molar-refractivity contribution is 6.01. The Morgan fingerprint density at radius 1 is 1.22 bits per heavy atom. The molecule has 11 heteroatoms. The first-order valence-electron chi connectivity index (χ1n) is 6.21. The predicted molar refractivity (Wildman–Crippen MR) is 69.4 cm³/mol. The van der Waals surface area contributed by atoms with E-state index in [2.05, 4.69) is 10.1 Å². The maximum Gasteiger partial charge on any atom is 0.453 e. The maximum absolute atomic E-state index is 13.3. The molecule has 0 aliphatic heterocycles. The molecule has 2 aromatic heterocycles. The van der Waals surface area contributed by atoms with E-state index in [4.69, 9.17) is 11.6 Å². The second kappa shape index (κ2) is 5.63. The first-order chi connectivity index (χ1) is 10.6. The summed E-state index contributed by atoms with van der Waals surface area (Å²) in [6.45, 7) is 0. The molecule has 0 saturated carbocycles. The van der Waals surface area contributed by atoms with E-state index < -0.39 is 30.8 Å². The highest BCUT2D eigenvalue weighted by atomic mass is 19.4. The molecule has 5 nitrogen and oxygen atoms in total. The van der Waals surface area contributed by atoms with E-state index in [0.717, 1.165) is 16.7 Å². The highest BCUT2D eigenvalue weighted by Crippen LogP contribution is 2.38. The number of aryl methyl sites for hydroxylation is 1. The minimum absolute atomic E-state index is 0.0298. The Balaban J connectivity index is 2.43. The van der Waals surface area contributed by atoms with Crippen LogP contribution in [0, 0.1) is 5.82 Å². The SMILES string of the molecule is N/N=C(/N)c1nc(CCC(F)(F)C(F)(F)F)n2cc(F)ccc12. The van der Waals surface area contributed by atoms with E-state index in [1.807, 2.05) is 0 Å². The zero-order chi connectivity index (χ0) is 17.4. The third kappa shape index (κ3) is 3.17. The van der Waals surface area contributed by atoms with E-state index in [1.165, 1.54) is 6.07 Å². The number of hydrogen-bond donors (Lipinski definition) is 2. The number of aromatic nitrogens is 2. The van der Waals surface area contributed by atoms with Gasteiger partial charge in [0.05, 0.1) is 5.52 Å². The molecule has 0 unspecified atom stereocenters. The van der Waals surface area contributed by atoms with Gasteiger partial charge in [-0.3, -0.25) is 0 Å². The average molecular weight is 339 g/mol. The molecule has 0 aromatic carbocycles. The Morgan fingerprint density at radius 2 is 1.87 bits per heavy atom. The average Bonchev–Trinajstić information content (AvgIpc) is 2.81. The van der Waals surface area contributed by atoms with Crippen LogP contribution in [0.4, 0.5) is 26.3 Å². The summed E-state index contributed by atoms with van der Waals surface area (Å²) in [6, 6.07) is 2.29. The number of hydrogen-bond acceptors (Lipinski definition) is 3. The molecule has 2 aromatic rings. The summed E-state index contributed by atoms with van der Waals surface area (Å²) in [5.41, 5.74) is 5.64. The number of alkyl halides is 5. The van der Waals surface area contributed by atoms with Gasteiger partial charge in [0.15, 0.2) is 5.84 Å². The molecule has 2 heterocycles. The maximum atomic E-state index is 13.3. The van der Waals surface area contributed by atoms with Gasteiger partial charge in [-0.1, -0.05) is 0 Å². The van der Waals surface area contributed by atoms with Gasteiger partial charge in [-0.05, 0) is 12.1 Å². The quantitative estimate of drug-likeness (QED) is 0.295. The normalized spacial score (nSPS) is 13.7. The summed E-state index contributed by atoms with van der Waals surface area (Å²) >= 11 is 0. The lowest BCUT2D eigenvalue weighted by atomic mass is 10.1. The summed E-state index contributed by atoms with van der Waals surface area (Å²) in [7, 11) is 0. The summed E-state index contributed by atoms with van der Waals surface area (Å²) < 4.78 is 77.0. The number of pyridine rings is 1. The Bertz CT molecular complexity index is 748. The molecule has 0 fully saturated rings. The number of hydrazone groups is 1. The van der Waals surface area contributed by atoms with Gasteiger partial charge < -0.3 is 16.0 Å². The van der Waals surface area contributed by atoms with Gasteiger partial charge in [-0.15, -0.1) is 0 Å². The number of amidine groups is 1. The van der Waals surface area contributed by atoms with Gasteiger partial charge in [-0.2, -0.15) is 27.1 Å². The number of nitrogens with zero attached hydrogens (tertiary/aromatic N) is 3. The van der Waals surface area contributed by atoms with Crippen molar-refractivity contribution < 1.29 is 26.3 Å². The van der Waals surface area contributed by atoms with Crippen molar-refractivity contribution in [3.8, 4) is 0 Å². The van der Waals surface area contributed by atoms with Crippen molar-refractivity contribution in [1.82, 2.24) is 9.38 Å². The lowest BCUT2D eigenvalue weighted by Gasteiger charge is -2.18. The monoisotopic (exact) mass is 339 g/mol. The van der Waals surface area contributed by atoms with E-state index in [1.54, 1.807) is 0 Å². The van der Waals surface area contributed by atoms with Crippen LogP contribution < -0.4 is 11.6 Å². The van der Waals surface area contributed by atoms with Crippen LogP contribution in [0.3, 0.4) is 0 Å². The van der Waals surface area contributed by atoms with Crippen molar-refractivity contribution in [2.45, 2.75) is 24.9 Å². The van der Waals surface area contributed by atoms with Crippen molar-refractivity contribution >= 4 is 11.4 Å². The van der Waals surface area contributed by atoms with Gasteiger partial charge in [0.25, 0.3) is 0 Å². The van der Waals surface area contributed by atoms with Crippen molar-refractivity contribution in [1.29, 1.82) is 0 Å². The van der Waals surface area contributed by atoms with Crippen molar-refractivity contribution in [3.05, 3.63) is 35.7 Å². The molecule has 0 bridgehead atoms. The van der Waals surface area contributed by atoms with E-state index >= 15 is 0 Å². The van der Waals surface area contributed by atoms with E-state index in [-0.39, 0.29) is 22.9 Å². The number of fused-ring (bicyclic) bond motifs is 1. The van der Waals surface area contributed by atoms with Crippen LogP contribution in [0.2, 0.25) is 0 Å². The minimum Gasteiger partial charge on any atom is -0.380 e. The molecule has 0 atom stereocenters. The molecular weight excluding hydrogens is 328 g/mol. The van der Waals surface area contributed by atoms with Crippen molar-refractivity contribution in [2.75, 3.05) is 0 Å². The second-order valence-electron chi connectivity index (χ2n) is 4.70. The fourth-order valence-electron chi connectivity index (χ4n) is 1.96. The van der Waals surface area contributed by atoms with Gasteiger partial charge in [0.2, 0.25) is 0 Å². The van der Waals surface area contributed by atoms with E-state index in [0.29, 0.717) is 0 Å². The molecule has 23 heavy (non-hydrogen) atoms. The molecular formula is C12H11F6N5. The fourth-order valence-corrected chi connectivity index (χ4v) is 1.96. The topological polar surface area (TPSA) is 81.7 Å². The summed E-state index contributed by atoms with van der Waals surface area (Å²) in [5, 5.41) is 3.19. The van der Waals surface area contributed by atoms with Crippen LogP contribution in [0.15, 0.2) is 23.4 Å². The minimum atomic E-state index is -5.67.